The van der Waals surface area contributed by atoms with Gasteiger partial charge >= 0.3 is 150 Å². The zero-order valence-corrected chi connectivity index (χ0v) is 14.8. The van der Waals surface area contributed by atoms with Crippen molar-refractivity contribution in [2.24, 2.45) is 29.6 Å². The van der Waals surface area contributed by atoms with Gasteiger partial charge in [-0.15, -0.1) is 0 Å². The molecule has 3 aliphatic carbocycles. The van der Waals surface area contributed by atoms with Crippen molar-refractivity contribution < 1.29 is 9.53 Å². The molecule has 0 aromatic heterocycles. The molecular weight excluding hydrogens is 309 g/mol. The summed E-state index contributed by atoms with van der Waals surface area (Å²) < 4.78 is 6.32. The summed E-state index contributed by atoms with van der Waals surface area (Å²) in [6, 6.07) is 0. The van der Waals surface area contributed by atoms with Gasteiger partial charge in [0.15, 0.2) is 0 Å². The molecule has 6 unspecified atom stereocenters. The molecule has 0 bridgehead atoms. The molecule has 1 saturated carbocycles. The summed E-state index contributed by atoms with van der Waals surface area (Å²) in [6.07, 6.45) is 15.0. The van der Waals surface area contributed by atoms with Crippen molar-refractivity contribution >= 4 is 24.4 Å². The number of carbonyl (C=O) groups is 1. The predicted octanol–water partition coefficient (Wildman–Crippen LogP) is 3.40. The van der Waals surface area contributed by atoms with Crippen molar-refractivity contribution in [1.82, 2.24) is 0 Å². The first-order valence-electron chi connectivity index (χ1n) is 9.45. The quantitative estimate of drug-likeness (QED) is 0.621. The van der Waals surface area contributed by atoms with Crippen LogP contribution in [0, 0.1) is 35.0 Å². The summed E-state index contributed by atoms with van der Waals surface area (Å²) in [7, 11) is 6.00. The average Bonchev–Trinajstić information content (AvgIpc) is 2.59. The summed E-state index contributed by atoms with van der Waals surface area (Å²) in [4.78, 5) is 12.3. The molecule has 4 heteroatoms. The molecule has 0 aromatic rings. The molecule has 129 valence electrons. The maximum absolute atomic E-state index is 12.3. The minimum absolute atomic E-state index is 0.0616. The van der Waals surface area contributed by atoms with Crippen molar-refractivity contribution in [3.8, 4) is 0 Å². The fraction of sp³-hybridized carbons (Fsp3) is 0.571. The van der Waals surface area contributed by atoms with Crippen molar-refractivity contribution in [2.75, 3.05) is 0 Å². The number of hydrogen-bond acceptors (Lipinski definition) is 3. The Labute approximate surface area is 150 Å². The van der Waals surface area contributed by atoms with Crippen LogP contribution >= 0.6 is 0 Å². The molecule has 1 saturated heterocycles. The van der Waals surface area contributed by atoms with Crippen LogP contribution in [0.15, 0.2) is 36.1 Å². The Morgan fingerprint density at radius 1 is 1.28 bits per heavy atom. The minimum atomic E-state index is 0.0616. The number of fused-ring (bicyclic) bond motifs is 2. The van der Waals surface area contributed by atoms with E-state index in [-0.39, 0.29) is 17.9 Å². The first kappa shape index (κ1) is 16.7. The van der Waals surface area contributed by atoms with Crippen LogP contribution in [0.4, 0.5) is 0 Å². The molecule has 2 fully saturated rings. The van der Waals surface area contributed by atoms with E-state index in [0.29, 0.717) is 30.0 Å². The number of ketones is 1. The van der Waals surface area contributed by atoms with Crippen LogP contribution in [0.25, 0.3) is 0 Å². The summed E-state index contributed by atoms with van der Waals surface area (Å²) >= 11 is 0. The number of rotatable bonds is 2. The van der Waals surface area contributed by atoms with Gasteiger partial charge in [-0.2, -0.15) is 0 Å². The Hall–Kier alpha value is -1.71. The zero-order chi connectivity index (χ0) is 17.6. The third kappa shape index (κ3) is 3.00. The van der Waals surface area contributed by atoms with Crippen LogP contribution in [0.2, 0.25) is 0 Å². The molecule has 4 rings (SSSR count). The van der Waals surface area contributed by atoms with Gasteiger partial charge < -0.3 is 0 Å². The summed E-state index contributed by atoms with van der Waals surface area (Å²) in [6.45, 7) is 1.74. The Balaban J connectivity index is 1.73. The van der Waals surface area contributed by atoms with Crippen molar-refractivity contribution in [3.63, 3.8) is 0 Å². The molecule has 0 spiro atoms. The van der Waals surface area contributed by atoms with Crippen LogP contribution in [0.1, 0.15) is 39.0 Å². The van der Waals surface area contributed by atoms with E-state index in [1.165, 1.54) is 0 Å². The van der Waals surface area contributed by atoms with Gasteiger partial charge in [-0.25, -0.2) is 0 Å². The van der Waals surface area contributed by atoms with E-state index in [0.717, 1.165) is 42.6 Å². The molecule has 4 aliphatic rings. The zero-order valence-electron chi connectivity index (χ0n) is 14.8. The predicted molar refractivity (Wildman–Crippen MR) is 101 cm³/mol. The second-order valence-corrected chi connectivity index (χ2v) is 8.00. The molecule has 6 atom stereocenters. The van der Waals surface area contributed by atoms with Gasteiger partial charge in [0.05, 0.1) is 0 Å². The summed E-state index contributed by atoms with van der Waals surface area (Å²) in [5, 5.41) is 8.09. The van der Waals surface area contributed by atoms with E-state index >= 15 is 0 Å². The maximum atomic E-state index is 12.3. The summed E-state index contributed by atoms with van der Waals surface area (Å²) in [5.74, 6) is 2.71. The van der Waals surface area contributed by atoms with Gasteiger partial charge in [0.2, 0.25) is 0 Å². The topological polar surface area (TPSA) is 50.1 Å². The number of Topliss-reactive ketones (excluding diaryl/α,β-unsaturated/α-hetero) is 1. The molecule has 1 N–H and O–H groups in total. The van der Waals surface area contributed by atoms with Crippen molar-refractivity contribution in [2.45, 2.75) is 45.1 Å². The van der Waals surface area contributed by atoms with E-state index in [1.54, 1.807) is 6.92 Å². The van der Waals surface area contributed by atoms with Crippen molar-refractivity contribution in [3.05, 3.63) is 36.1 Å². The molecule has 0 amide bonds. The number of nitrogens with one attached hydrogen (secondary N) is 1. The Morgan fingerprint density at radius 2 is 2.08 bits per heavy atom. The van der Waals surface area contributed by atoms with E-state index in [1.807, 2.05) is 12.2 Å². The van der Waals surface area contributed by atoms with Crippen LogP contribution < -0.4 is 0 Å². The van der Waals surface area contributed by atoms with Crippen molar-refractivity contribution in [1.29, 1.82) is 5.41 Å². The SMILES string of the molecule is [B]=C1C=CC2C(=C1)OC1CC(=N)CCC1C2C1CC=CCC1C(C)=O. The fourth-order valence-corrected chi connectivity index (χ4v) is 5.39. The molecular formula is C21H25BNO2. The number of ether oxygens (including phenoxy) is 1. The normalized spacial score (nSPS) is 39.9. The average molecular weight is 334 g/mol. The van der Waals surface area contributed by atoms with Crippen LogP contribution in [-0.4, -0.2) is 30.5 Å². The van der Waals surface area contributed by atoms with Gasteiger partial charge in [0, 0.05) is 0 Å². The van der Waals surface area contributed by atoms with Gasteiger partial charge in [0.1, 0.15) is 0 Å². The number of hydrogen-bond donors (Lipinski definition) is 1. The molecule has 25 heavy (non-hydrogen) atoms. The van der Waals surface area contributed by atoms with Gasteiger partial charge in [-0.3, -0.25) is 0 Å². The van der Waals surface area contributed by atoms with Crippen LogP contribution in [-0.2, 0) is 9.53 Å². The molecule has 1 heterocycles. The second kappa shape index (κ2) is 6.55. The van der Waals surface area contributed by atoms with E-state index in [9.17, 15) is 4.79 Å². The van der Waals surface area contributed by atoms with E-state index in [2.05, 4.69) is 18.2 Å². The Kier molecular flexibility index (Phi) is 4.39. The van der Waals surface area contributed by atoms with E-state index < -0.39 is 0 Å². The first-order chi connectivity index (χ1) is 12.0. The third-order valence-electron chi connectivity index (χ3n) is 6.53. The second-order valence-electron chi connectivity index (χ2n) is 8.00. The first-order valence-corrected chi connectivity index (χ1v) is 9.45. The molecule has 1 aliphatic heterocycles. The van der Waals surface area contributed by atoms with Gasteiger partial charge in [0.25, 0.3) is 0 Å². The standard InChI is InChI=1S/C21H25BNO2/c1-12(24)15-4-2-3-5-16(15)21-17-8-6-13(22)10-19(17)25-20-11-14(23)7-9-18(20)21/h2-3,6,8,10,15-18,20-21,23H,4-5,7,9,11H2,1H3. The molecule has 1 radical (unpaired) electrons. The number of carbonyl (C=O) groups excluding carboxylic acids is 1. The van der Waals surface area contributed by atoms with Crippen LogP contribution in [0.3, 0.4) is 0 Å². The molecule has 3 nitrogen and oxygen atoms in total. The fourth-order valence-electron chi connectivity index (χ4n) is 5.39. The van der Waals surface area contributed by atoms with Gasteiger partial charge in [-0.05, 0) is 0 Å². The van der Waals surface area contributed by atoms with E-state index in [4.69, 9.17) is 17.6 Å². The Morgan fingerprint density at radius 3 is 2.88 bits per heavy atom. The Bertz CT molecular complexity index is 705. The number of allylic oxidation sites excluding steroid dienone is 5. The van der Waals surface area contributed by atoms with Gasteiger partial charge in [-0.1, -0.05) is 0 Å². The summed E-state index contributed by atoms with van der Waals surface area (Å²) in [5.41, 5.74) is 1.51. The monoisotopic (exact) mass is 334 g/mol. The van der Waals surface area contributed by atoms with Crippen LogP contribution in [0.5, 0.6) is 0 Å². The molecule has 0 aromatic carbocycles. The third-order valence-corrected chi connectivity index (χ3v) is 6.53.